The third-order valence-electron chi connectivity index (χ3n) is 6.83. The standard InChI is InChI=1S/C23H17Cl2F5N2O4S/c24-16-5-15(6-17(25)19(16)26)22(23(28,29)30)7-18(31-36-22)12-1-3-14(4-2-12)21(27)10-32(11-21)20(33)13-8-37(34,35)9-13/h1-6,13H,7-11H2. The molecule has 1 atom stereocenters. The first kappa shape index (κ1) is 26.2. The molecule has 0 aliphatic carbocycles. The molecule has 3 aliphatic rings. The van der Waals surface area contributed by atoms with Crippen LogP contribution < -0.4 is 0 Å². The zero-order chi connectivity index (χ0) is 27.0. The van der Waals surface area contributed by atoms with Gasteiger partial charge < -0.3 is 9.74 Å². The molecule has 6 nitrogen and oxygen atoms in total. The van der Waals surface area contributed by atoms with E-state index in [2.05, 4.69) is 5.16 Å². The predicted octanol–water partition coefficient (Wildman–Crippen LogP) is 4.77. The van der Waals surface area contributed by atoms with Crippen molar-refractivity contribution < 1.29 is 40.0 Å². The van der Waals surface area contributed by atoms with Gasteiger partial charge in [0.2, 0.25) is 5.91 Å². The lowest BCUT2D eigenvalue weighted by Gasteiger charge is -2.46. The van der Waals surface area contributed by atoms with Crippen LogP contribution in [0.3, 0.4) is 0 Å². The van der Waals surface area contributed by atoms with Gasteiger partial charge in [0.25, 0.3) is 5.60 Å². The van der Waals surface area contributed by atoms with Crippen molar-refractivity contribution in [2.45, 2.75) is 23.9 Å². The smallest absolute Gasteiger partial charge is 0.374 e. The summed E-state index contributed by atoms with van der Waals surface area (Å²) in [5.41, 5.74) is -4.97. The maximum absolute atomic E-state index is 15.3. The minimum absolute atomic E-state index is 0.0787. The second kappa shape index (κ2) is 8.54. The van der Waals surface area contributed by atoms with Gasteiger partial charge in [-0.15, -0.1) is 0 Å². The van der Waals surface area contributed by atoms with E-state index in [9.17, 15) is 30.8 Å². The van der Waals surface area contributed by atoms with Gasteiger partial charge in [0.1, 0.15) is 0 Å². The van der Waals surface area contributed by atoms with Crippen LogP contribution in [0, 0.1) is 11.7 Å². The number of oxime groups is 1. The highest BCUT2D eigenvalue weighted by atomic mass is 35.5. The number of likely N-dealkylation sites (tertiary alicyclic amines) is 1. The van der Waals surface area contributed by atoms with Gasteiger partial charge in [0, 0.05) is 12.0 Å². The number of amides is 1. The van der Waals surface area contributed by atoms with E-state index in [4.69, 9.17) is 28.0 Å². The van der Waals surface area contributed by atoms with Crippen LogP contribution in [0.15, 0.2) is 41.6 Å². The number of carbonyl (C=O) groups is 1. The molecule has 0 saturated carbocycles. The van der Waals surface area contributed by atoms with Crippen LogP contribution in [0.25, 0.3) is 0 Å². The van der Waals surface area contributed by atoms with Crippen LogP contribution in [0.4, 0.5) is 22.0 Å². The van der Waals surface area contributed by atoms with Crippen LogP contribution in [-0.2, 0) is 30.7 Å². The van der Waals surface area contributed by atoms with E-state index in [1.807, 2.05) is 0 Å². The highest BCUT2D eigenvalue weighted by Gasteiger charge is 2.62. The molecule has 2 aromatic carbocycles. The molecule has 3 aliphatic heterocycles. The van der Waals surface area contributed by atoms with Crippen molar-refractivity contribution in [2.75, 3.05) is 24.6 Å². The van der Waals surface area contributed by atoms with Gasteiger partial charge in [-0.25, -0.2) is 17.2 Å². The Kier molecular flexibility index (Phi) is 6.04. The van der Waals surface area contributed by atoms with E-state index in [-0.39, 0.29) is 41.4 Å². The van der Waals surface area contributed by atoms with Crippen molar-refractivity contribution in [1.29, 1.82) is 0 Å². The number of benzene rings is 2. The third kappa shape index (κ3) is 4.36. The van der Waals surface area contributed by atoms with E-state index in [1.54, 1.807) is 0 Å². The molecule has 0 N–H and O–H groups in total. The highest BCUT2D eigenvalue weighted by molar-refractivity contribution is 7.92. The highest BCUT2D eigenvalue weighted by Crippen LogP contribution is 2.50. The van der Waals surface area contributed by atoms with Gasteiger partial charge in [0.05, 0.1) is 46.3 Å². The number of hydrogen-bond donors (Lipinski definition) is 0. The Morgan fingerprint density at radius 1 is 1.05 bits per heavy atom. The maximum atomic E-state index is 15.3. The molecule has 2 aromatic rings. The van der Waals surface area contributed by atoms with Crippen LogP contribution in [0.2, 0.25) is 10.0 Å². The van der Waals surface area contributed by atoms with Gasteiger partial charge in [0.15, 0.2) is 21.3 Å². The fourth-order valence-corrected chi connectivity index (χ4v) is 6.57. The van der Waals surface area contributed by atoms with Crippen molar-refractivity contribution >= 4 is 44.7 Å². The second-order valence-corrected chi connectivity index (χ2v) is 12.4. The SMILES string of the molecule is O=C(C1CS(=O)(=O)C1)N1CC(F)(c2ccc(C3=NOC(c4cc(Cl)c(F)c(Cl)c4)(C(F)(F)F)C3)cc2)C1. The summed E-state index contributed by atoms with van der Waals surface area (Å²) in [4.78, 5) is 18.4. The predicted molar refractivity (Wildman–Crippen MR) is 124 cm³/mol. The lowest BCUT2D eigenvalue weighted by atomic mass is 9.84. The molecule has 0 aromatic heterocycles. The maximum Gasteiger partial charge on any atom is 0.435 e. The van der Waals surface area contributed by atoms with Crippen LogP contribution in [0.5, 0.6) is 0 Å². The van der Waals surface area contributed by atoms with Gasteiger partial charge in [-0.3, -0.25) is 4.79 Å². The molecular weight excluding hydrogens is 566 g/mol. The Morgan fingerprint density at radius 3 is 2.14 bits per heavy atom. The van der Waals surface area contributed by atoms with Gasteiger partial charge in [-0.1, -0.05) is 52.6 Å². The first-order valence-corrected chi connectivity index (χ1v) is 13.5. The summed E-state index contributed by atoms with van der Waals surface area (Å²) in [7, 11) is -3.19. The van der Waals surface area contributed by atoms with Crippen LogP contribution >= 0.6 is 23.2 Å². The number of carbonyl (C=O) groups excluding carboxylic acids is 1. The molecular formula is C23H17Cl2F5N2O4S. The molecule has 1 amide bonds. The fraction of sp³-hybridized carbons (Fsp3) is 0.391. The van der Waals surface area contributed by atoms with E-state index in [0.29, 0.717) is 0 Å². The molecule has 3 heterocycles. The number of nitrogens with zero attached hydrogens (tertiary/aromatic N) is 2. The summed E-state index contributed by atoms with van der Waals surface area (Å²) in [6.45, 7) is -0.510. The van der Waals surface area contributed by atoms with Crippen molar-refractivity contribution in [2.24, 2.45) is 11.1 Å². The van der Waals surface area contributed by atoms with Crippen molar-refractivity contribution in [3.63, 3.8) is 0 Å². The lowest BCUT2D eigenvalue weighted by Crippen LogP contribution is -2.62. The molecule has 1 unspecified atom stereocenters. The van der Waals surface area contributed by atoms with Gasteiger partial charge >= 0.3 is 6.18 Å². The number of halogens is 7. The minimum atomic E-state index is -4.96. The molecule has 0 radical (unpaired) electrons. The minimum Gasteiger partial charge on any atom is -0.374 e. The molecule has 5 rings (SSSR count). The molecule has 2 fully saturated rings. The summed E-state index contributed by atoms with van der Waals surface area (Å²) in [5.74, 6) is -2.61. The van der Waals surface area contributed by atoms with Crippen LogP contribution in [0.1, 0.15) is 23.1 Å². The monoisotopic (exact) mass is 582 g/mol. The van der Waals surface area contributed by atoms with Crippen molar-refractivity contribution in [3.05, 3.63) is 69.0 Å². The average molecular weight is 583 g/mol. The van der Waals surface area contributed by atoms with Gasteiger partial charge in [-0.05, 0) is 23.3 Å². The summed E-state index contributed by atoms with van der Waals surface area (Å²) < 4.78 is 94.2. The topological polar surface area (TPSA) is 76.0 Å². The number of sulfone groups is 1. The molecule has 198 valence electrons. The zero-order valence-corrected chi connectivity index (χ0v) is 21.0. The fourth-order valence-electron chi connectivity index (χ4n) is 4.67. The Labute approximate surface area is 217 Å². The van der Waals surface area contributed by atoms with Crippen LogP contribution in [-0.4, -0.2) is 55.7 Å². The summed E-state index contributed by atoms with van der Waals surface area (Å²) in [6, 6.07) is 7.11. The van der Waals surface area contributed by atoms with E-state index >= 15 is 4.39 Å². The first-order chi connectivity index (χ1) is 17.1. The Bertz CT molecular complexity index is 1390. The Hall–Kier alpha value is -2.44. The summed E-state index contributed by atoms with van der Waals surface area (Å²) in [5, 5.41) is 2.41. The first-order valence-electron chi connectivity index (χ1n) is 10.9. The summed E-state index contributed by atoms with van der Waals surface area (Å²) in [6.07, 6.45) is -5.73. The molecule has 37 heavy (non-hydrogen) atoms. The number of hydrogen-bond acceptors (Lipinski definition) is 5. The normalized spacial score (nSPS) is 24.6. The van der Waals surface area contributed by atoms with Crippen molar-refractivity contribution in [1.82, 2.24) is 4.90 Å². The number of rotatable bonds is 4. The average Bonchev–Trinajstić information content (AvgIpc) is 3.25. The molecule has 14 heteroatoms. The van der Waals surface area contributed by atoms with E-state index in [1.165, 1.54) is 29.2 Å². The van der Waals surface area contributed by atoms with Crippen molar-refractivity contribution in [3.8, 4) is 0 Å². The quantitative estimate of drug-likeness (QED) is 0.384. The largest absolute Gasteiger partial charge is 0.435 e. The lowest BCUT2D eigenvalue weighted by molar-refractivity contribution is -0.275. The van der Waals surface area contributed by atoms with Gasteiger partial charge in [-0.2, -0.15) is 13.2 Å². The Morgan fingerprint density at radius 2 is 1.62 bits per heavy atom. The Balaban J connectivity index is 1.31. The third-order valence-corrected chi connectivity index (χ3v) is 9.20. The summed E-state index contributed by atoms with van der Waals surface area (Å²) >= 11 is 11.4. The molecule has 0 spiro atoms. The zero-order valence-electron chi connectivity index (χ0n) is 18.7. The number of alkyl halides is 4. The molecule has 2 saturated heterocycles. The van der Waals surface area contributed by atoms with E-state index in [0.717, 1.165) is 12.1 Å². The molecule has 0 bridgehead atoms. The second-order valence-electron chi connectivity index (χ2n) is 9.40. The van der Waals surface area contributed by atoms with E-state index < -0.39 is 67.0 Å².